The van der Waals surface area contributed by atoms with Crippen molar-refractivity contribution >= 4 is 11.8 Å². The number of fused-ring (bicyclic) bond motifs is 3. The molecule has 2 aliphatic heterocycles. The highest BCUT2D eigenvalue weighted by Crippen LogP contribution is 2.29. The first-order valence-electron chi connectivity index (χ1n) is 10.5. The number of nitrogens with one attached hydrogen (secondary N) is 1. The number of benzene rings is 1. The van der Waals surface area contributed by atoms with Gasteiger partial charge in [-0.15, -0.1) is 0 Å². The Labute approximate surface area is 187 Å². The van der Waals surface area contributed by atoms with E-state index >= 15 is 0 Å². The van der Waals surface area contributed by atoms with E-state index in [1.54, 1.807) is 7.05 Å². The van der Waals surface area contributed by atoms with Crippen LogP contribution in [-0.2, 0) is 6.54 Å². The Balaban J connectivity index is 1.71. The van der Waals surface area contributed by atoms with Crippen molar-refractivity contribution in [2.75, 3.05) is 18.6 Å². The molecular weight excluding hydrogens is 441 g/mol. The molecule has 4 rings (SSSR count). The molecule has 2 amide bonds. The number of carbonyl (C=O) groups excluding carboxylic acids is 2. The van der Waals surface area contributed by atoms with Gasteiger partial charge in [0.15, 0.2) is 11.4 Å². The standard InChI is InChI=1S/C22H23F3N4O4/c1-11-4-3-5-17-27(2)22(33)18-20(31)19(30)14(10-29(18)28(17)9-11)21(32)26-8-13-15(24)6-12(23)7-16(13)25/h6-7,10-11,17,31H,3-5,8-9H2,1-2H3,(H,26,32)/t11-,17-/m0/s1. The van der Waals surface area contributed by atoms with Gasteiger partial charge in [0, 0.05) is 44.0 Å². The Morgan fingerprint density at radius 3 is 2.52 bits per heavy atom. The van der Waals surface area contributed by atoms with E-state index in [0.29, 0.717) is 25.1 Å². The monoisotopic (exact) mass is 464 g/mol. The Morgan fingerprint density at radius 2 is 1.85 bits per heavy atom. The number of carbonyl (C=O) groups is 2. The van der Waals surface area contributed by atoms with Gasteiger partial charge in [-0.1, -0.05) is 6.92 Å². The maximum absolute atomic E-state index is 13.9. The fourth-order valence-electron chi connectivity index (χ4n) is 4.42. The van der Waals surface area contributed by atoms with Crippen molar-refractivity contribution in [3.8, 4) is 5.75 Å². The number of halogens is 3. The molecule has 2 aromatic rings. The third-order valence-electron chi connectivity index (χ3n) is 6.19. The molecule has 0 aliphatic carbocycles. The zero-order chi connectivity index (χ0) is 24.0. The first-order valence-corrected chi connectivity index (χ1v) is 10.5. The molecule has 176 valence electrons. The maximum atomic E-state index is 13.9. The fraction of sp³-hybridized carbons (Fsp3) is 0.409. The third-order valence-corrected chi connectivity index (χ3v) is 6.19. The Hall–Kier alpha value is -3.50. The van der Waals surface area contributed by atoms with Gasteiger partial charge in [0.25, 0.3) is 11.8 Å². The summed E-state index contributed by atoms with van der Waals surface area (Å²) in [6, 6.07) is 0.958. The Kier molecular flexibility index (Phi) is 5.81. The molecule has 0 unspecified atom stereocenters. The SMILES string of the molecule is C[C@H]1CCC[C@H]2N(C)C(=O)c3c(O)c(=O)c(C(=O)NCc4c(F)cc(F)cc4F)cn3N2C1. The molecule has 1 saturated heterocycles. The summed E-state index contributed by atoms with van der Waals surface area (Å²) in [5.41, 5.74) is -2.40. The van der Waals surface area contributed by atoms with E-state index in [9.17, 15) is 32.7 Å². The summed E-state index contributed by atoms with van der Waals surface area (Å²) in [6.45, 7) is 1.91. The van der Waals surface area contributed by atoms with Gasteiger partial charge in [-0.3, -0.25) is 24.1 Å². The van der Waals surface area contributed by atoms with Crippen LogP contribution in [0.4, 0.5) is 13.2 Å². The second-order valence-corrected chi connectivity index (χ2v) is 8.50. The molecule has 2 atom stereocenters. The van der Waals surface area contributed by atoms with Crippen molar-refractivity contribution in [3.05, 3.63) is 62.8 Å². The number of hydrogen-bond donors (Lipinski definition) is 2. The zero-order valence-electron chi connectivity index (χ0n) is 18.1. The van der Waals surface area contributed by atoms with Crippen LogP contribution in [0.15, 0.2) is 23.1 Å². The van der Waals surface area contributed by atoms with Crippen molar-refractivity contribution in [2.24, 2.45) is 5.92 Å². The van der Waals surface area contributed by atoms with Crippen LogP contribution in [0.1, 0.15) is 52.6 Å². The third kappa shape index (κ3) is 3.91. The van der Waals surface area contributed by atoms with Gasteiger partial charge >= 0.3 is 0 Å². The summed E-state index contributed by atoms with van der Waals surface area (Å²) < 4.78 is 42.2. The lowest BCUT2D eigenvalue weighted by atomic mass is 10.1. The van der Waals surface area contributed by atoms with Crippen LogP contribution in [-0.4, -0.2) is 46.3 Å². The van der Waals surface area contributed by atoms with Crippen LogP contribution in [0.25, 0.3) is 0 Å². The quantitative estimate of drug-likeness (QED) is 0.726. The first-order chi connectivity index (χ1) is 15.6. The van der Waals surface area contributed by atoms with E-state index in [-0.39, 0.29) is 17.8 Å². The van der Waals surface area contributed by atoms with Crippen LogP contribution in [0, 0.1) is 23.4 Å². The average molecular weight is 464 g/mol. The minimum atomic E-state index is -1.19. The summed E-state index contributed by atoms with van der Waals surface area (Å²) in [4.78, 5) is 39.8. The molecule has 1 aromatic carbocycles. The van der Waals surface area contributed by atoms with Crippen LogP contribution < -0.4 is 15.8 Å². The predicted molar refractivity (Wildman–Crippen MR) is 112 cm³/mol. The van der Waals surface area contributed by atoms with Gasteiger partial charge < -0.3 is 15.3 Å². The second-order valence-electron chi connectivity index (χ2n) is 8.50. The summed E-state index contributed by atoms with van der Waals surface area (Å²) in [7, 11) is 1.59. The van der Waals surface area contributed by atoms with Crippen molar-refractivity contribution < 1.29 is 27.9 Å². The number of aromatic nitrogens is 1. The maximum Gasteiger partial charge on any atom is 0.277 e. The lowest BCUT2D eigenvalue weighted by Crippen LogP contribution is -2.60. The van der Waals surface area contributed by atoms with Crippen LogP contribution >= 0.6 is 0 Å². The molecule has 3 heterocycles. The lowest BCUT2D eigenvalue weighted by molar-refractivity contribution is 0.0623. The molecule has 0 spiro atoms. The summed E-state index contributed by atoms with van der Waals surface area (Å²) in [5, 5.41) is 14.6. The molecule has 11 heteroatoms. The zero-order valence-corrected chi connectivity index (χ0v) is 18.1. The second kappa shape index (κ2) is 8.45. The molecule has 0 bridgehead atoms. The lowest BCUT2D eigenvalue weighted by Gasteiger charge is -2.45. The number of pyridine rings is 1. The predicted octanol–water partition coefficient (Wildman–Crippen LogP) is 2.07. The minimum absolute atomic E-state index is 0.250. The molecule has 0 radical (unpaired) electrons. The molecule has 1 aromatic heterocycles. The molecule has 2 aliphatic rings. The van der Waals surface area contributed by atoms with Gasteiger partial charge in [-0.2, -0.15) is 0 Å². The van der Waals surface area contributed by atoms with E-state index in [2.05, 4.69) is 5.32 Å². The van der Waals surface area contributed by atoms with Crippen LogP contribution in [0.5, 0.6) is 5.75 Å². The molecule has 33 heavy (non-hydrogen) atoms. The number of hydrogen-bond acceptors (Lipinski definition) is 5. The van der Waals surface area contributed by atoms with E-state index in [4.69, 9.17) is 0 Å². The number of rotatable bonds is 3. The number of nitrogens with zero attached hydrogens (tertiary/aromatic N) is 3. The highest BCUT2D eigenvalue weighted by atomic mass is 19.1. The summed E-state index contributed by atoms with van der Waals surface area (Å²) >= 11 is 0. The first kappa shape index (κ1) is 22.7. The molecular formula is C22H23F3N4O4. The number of amides is 2. The van der Waals surface area contributed by atoms with Gasteiger partial charge in [-0.25, -0.2) is 13.2 Å². The van der Waals surface area contributed by atoms with E-state index in [1.807, 2.05) is 11.9 Å². The van der Waals surface area contributed by atoms with Crippen molar-refractivity contribution in [1.82, 2.24) is 14.9 Å². The highest BCUT2D eigenvalue weighted by Gasteiger charge is 2.40. The summed E-state index contributed by atoms with van der Waals surface area (Å²) in [5.74, 6) is -5.65. The van der Waals surface area contributed by atoms with Gasteiger partial charge in [0.2, 0.25) is 5.43 Å². The van der Waals surface area contributed by atoms with E-state index < -0.39 is 58.1 Å². The largest absolute Gasteiger partial charge is 0.502 e. The van der Waals surface area contributed by atoms with Crippen LogP contribution in [0.3, 0.4) is 0 Å². The van der Waals surface area contributed by atoms with Gasteiger partial charge in [-0.05, 0) is 25.2 Å². The topological polar surface area (TPSA) is 94.9 Å². The van der Waals surface area contributed by atoms with Crippen molar-refractivity contribution in [2.45, 2.75) is 38.9 Å². The van der Waals surface area contributed by atoms with Crippen LogP contribution in [0.2, 0.25) is 0 Å². The summed E-state index contributed by atoms with van der Waals surface area (Å²) in [6.07, 6.45) is 3.32. The highest BCUT2D eigenvalue weighted by molar-refractivity contribution is 5.99. The van der Waals surface area contributed by atoms with Gasteiger partial charge in [0.05, 0.1) is 0 Å². The Morgan fingerprint density at radius 1 is 1.18 bits per heavy atom. The Bertz CT molecular complexity index is 1180. The fourth-order valence-corrected chi connectivity index (χ4v) is 4.42. The molecule has 1 fully saturated rings. The minimum Gasteiger partial charge on any atom is -0.502 e. The molecule has 2 N–H and O–H groups in total. The molecule has 0 saturated carbocycles. The van der Waals surface area contributed by atoms with E-state index in [0.717, 1.165) is 12.8 Å². The normalized spacial score (nSPS) is 20.2. The van der Waals surface area contributed by atoms with Crippen molar-refractivity contribution in [3.63, 3.8) is 0 Å². The van der Waals surface area contributed by atoms with Crippen molar-refractivity contribution in [1.29, 1.82) is 0 Å². The molecule has 8 nitrogen and oxygen atoms in total. The average Bonchev–Trinajstić information content (AvgIpc) is 2.94. The van der Waals surface area contributed by atoms with E-state index in [1.165, 1.54) is 15.8 Å². The van der Waals surface area contributed by atoms with Gasteiger partial charge in [0.1, 0.15) is 29.2 Å². The number of aromatic hydroxyl groups is 1. The smallest absolute Gasteiger partial charge is 0.277 e.